The van der Waals surface area contributed by atoms with Gasteiger partial charge in [-0.25, -0.2) is 0 Å². The van der Waals surface area contributed by atoms with E-state index in [0.29, 0.717) is 11.3 Å². The molecule has 0 aliphatic heterocycles. The maximum atomic E-state index is 12.1. The Labute approximate surface area is 130 Å². The monoisotopic (exact) mass is 347 g/mol. The highest BCUT2D eigenvalue weighted by molar-refractivity contribution is 9.10. The average Bonchev–Trinajstić information content (AvgIpc) is 2.49. The molecule has 0 unspecified atom stereocenters. The maximum Gasteiger partial charge on any atom is 0.228 e. The molecular weight excluding hydrogens is 334 g/mol. The molecule has 0 aliphatic carbocycles. The number of hydrogen-bond acceptors (Lipinski definition) is 3. The first-order chi connectivity index (χ1) is 10.1. The van der Waals surface area contributed by atoms with Gasteiger partial charge in [0.1, 0.15) is 0 Å². The number of benzene rings is 2. The van der Waals surface area contributed by atoms with Crippen molar-refractivity contribution >= 4 is 33.4 Å². The van der Waals surface area contributed by atoms with E-state index in [2.05, 4.69) is 26.4 Å². The number of nitrogens with zero attached hydrogens (tertiary/aromatic N) is 1. The topological polar surface area (TPSA) is 87.7 Å². The standard InChI is InChI=1S/C15H14BrN3O2/c16-11-7-5-10(6-8-11)9-14(20)18-13-4-2-1-3-12(13)15(17)19-21/h1-8,21H,9H2,(H2,17,19)(H,18,20). The lowest BCUT2D eigenvalue weighted by Crippen LogP contribution is -2.20. The quantitative estimate of drug-likeness (QED) is 0.344. The molecule has 2 aromatic rings. The third-order valence-electron chi connectivity index (χ3n) is 2.86. The summed E-state index contributed by atoms with van der Waals surface area (Å²) >= 11 is 3.35. The Bertz CT molecular complexity index is 669. The van der Waals surface area contributed by atoms with Crippen LogP contribution in [-0.4, -0.2) is 17.0 Å². The lowest BCUT2D eigenvalue weighted by atomic mass is 10.1. The molecule has 0 saturated carbocycles. The summed E-state index contributed by atoms with van der Waals surface area (Å²) in [5, 5.41) is 14.5. The van der Waals surface area contributed by atoms with Crippen molar-refractivity contribution in [2.45, 2.75) is 6.42 Å². The Kier molecular flexibility index (Phi) is 4.94. The van der Waals surface area contributed by atoms with Crippen LogP contribution in [0.4, 0.5) is 5.69 Å². The van der Waals surface area contributed by atoms with E-state index in [9.17, 15) is 4.79 Å². The maximum absolute atomic E-state index is 12.1. The van der Waals surface area contributed by atoms with Crippen LogP contribution in [0, 0.1) is 0 Å². The minimum atomic E-state index is -0.171. The van der Waals surface area contributed by atoms with Gasteiger partial charge in [-0.1, -0.05) is 45.4 Å². The van der Waals surface area contributed by atoms with Crippen LogP contribution < -0.4 is 11.1 Å². The van der Waals surface area contributed by atoms with Crippen LogP contribution in [0.5, 0.6) is 0 Å². The summed E-state index contributed by atoms with van der Waals surface area (Å²) in [6, 6.07) is 14.4. The van der Waals surface area contributed by atoms with Crippen molar-refractivity contribution in [2.24, 2.45) is 10.9 Å². The largest absolute Gasteiger partial charge is 0.409 e. The van der Waals surface area contributed by atoms with E-state index in [1.165, 1.54) is 0 Å². The number of carbonyl (C=O) groups is 1. The van der Waals surface area contributed by atoms with Crippen LogP contribution in [0.15, 0.2) is 58.2 Å². The molecule has 2 aromatic carbocycles. The molecule has 0 radical (unpaired) electrons. The van der Waals surface area contributed by atoms with E-state index in [4.69, 9.17) is 10.9 Å². The first-order valence-electron chi connectivity index (χ1n) is 6.21. The number of nitrogens with one attached hydrogen (secondary N) is 1. The van der Waals surface area contributed by atoms with Crippen LogP contribution in [0.2, 0.25) is 0 Å². The number of oxime groups is 1. The van der Waals surface area contributed by atoms with Gasteiger partial charge in [0.05, 0.1) is 12.1 Å². The number of carbonyl (C=O) groups excluding carboxylic acids is 1. The summed E-state index contributed by atoms with van der Waals surface area (Å²) in [6.07, 6.45) is 0.248. The lowest BCUT2D eigenvalue weighted by Gasteiger charge is -2.10. The fourth-order valence-electron chi connectivity index (χ4n) is 1.85. The van der Waals surface area contributed by atoms with Crippen molar-refractivity contribution in [2.75, 3.05) is 5.32 Å². The molecule has 0 spiro atoms. The van der Waals surface area contributed by atoms with Gasteiger partial charge in [-0.15, -0.1) is 0 Å². The Morgan fingerprint density at radius 1 is 1.19 bits per heavy atom. The van der Waals surface area contributed by atoms with Gasteiger partial charge in [0.25, 0.3) is 0 Å². The normalized spacial score (nSPS) is 11.2. The van der Waals surface area contributed by atoms with Crippen molar-refractivity contribution in [3.63, 3.8) is 0 Å². The minimum Gasteiger partial charge on any atom is -0.409 e. The number of rotatable bonds is 4. The van der Waals surface area contributed by atoms with Crippen LogP contribution in [0.25, 0.3) is 0 Å². The number of halogens is 1. The molecule has 0 atom stereocenters. The summed E-state index contributed by atoms with van der Waals surface area (Å²) in [5.74, 6) is -0.218. The summed E-state index contributed by atoms with van der Waals surface area (Å²) < 4.78 is 0.962. The van der Waals surface area contributed by atoms with Crippen LogP contribution in [0.1, 0.15) is 11.1 Å². The molecule has 0 aliphatic rings. The molecule has 21 heavy (non-hydrogen) atoms. The number of anilines is 1. The number of amidine groups is 1. The molecule has 0 bridgehead atoms. The second-order valence-electron chi connectivity index (χ2n) is 4.38. The Morgan fingerprint density at radius 2 is 1.86 bits per heavy atom. The molecule has 0 saturated heterocycles. The van der Waals surface area contributed by atoms with Gasteiger partial charge in [0.2, 0.25) is 5.91 Å². The van der Waals surface area contributed by atoms with E-state index in [1.54, 1.807) is 24.3 Å². The molecule has 5 nitrogen and oxygen atoms in total. The summed E-state index contributed by atoms with van der Waals surface area (Å²) in [5.41, 5.74) is 7.47. The molecule has 0 fully saturated rings. The summed E-state index contributed by atoms with van der Waals surface area (Å²) in [7, 11) is 0. The second kappa shape index (κ2) is 6.90. The van der Waals surface area contributed by atoms with Gasteiger partial charge in [-0.3, -0.25) is 4.79 Å². The zero-order valence-corrected chi connectivity index (χ0v) is 12.7. The average molecular weight is 348 g/mol. The SMILES string of the molecule is N/C(=N/O)c1ccccc1NC(=O)Cc1ccc(Br)cc1. The predicted octanol–water partition coefficient (Wildman–Crippen LogP) is 2.72. The van der Waals surface area contributed by atoms with E-state index in [0.717, 1.165) is 10.0 Å². The highest BCUT2D eigenvalue weighted by Crippen LogP contribution is 2.16. The molecule has 108 valence electrons. The predicted molar refractivity (Wildman–Crippen MR) is 85.4 cm³/mol. The number of nitrogens with two attached hydrogens (primary N) is 1. The Hall–Kier alpha value is -2.34. The van der Waals surface area contributed by atoms with Crippen molar-refractivity contribution in [1.29, 1.82) is 0 Å². The third kappa shape index (κ3) is 4.06. The second-order valence-corrected chi connectivity index (χ2v) is 5.30. The van der Waals surface area contributed by atoms with E-state index in [-0.39, 0.29) is 18.2 Å². The van der Waals surface area contributed by atoms with Crippen LogP contribution in [-0.2, 0) is 11.2 Å². The lowest BCUT2D eigenvalue weighted by molar-refractivity contribution is -0.115. The molecule has 4 N–H and O–H groups in total. The van der Waals surface area contributed by atoms with Gasteiger partial charge in [-0.05, 0) is 29.8 Å². The number of hydrogen-bond donors (Lipinski definition) is 3. The van der Waals surface area contributed by atoms with Crippen molar-refractivity contribution in [3.8, 4) is 0 Å². The molecule has 1 amide bonds. The first-order valence-corrected chi connectivity index (χ1v) is 7.00. The van der Waals surface area contributed by atoms with Gasteiger partial charge in [0, 0.05) is 10.0 Å². The molecular formula is C15H14BrN3O2. The fourth-order valence-corrected chi connectivity index (χ4v) is 2.12. The highest BCUT2D eigenvalue weighted by atomic mass is 79.9. The highest BCUT2D eigenvalue weighted by Gasteiger charge is 2.10. The van der Waals surface area contributed by atoms with E-state index < -0.39 is 0 Å². The number of amides is 1. The van der Waals surface area contributed by atoms with Crippen molar-refractivity contribution in [1.82, 2.24) is 0 Å². The van der Waals surface area contributed by atoms with Crippen LogP contribution >= 0.6 is 15.9 Å². The van der Waals surface area contributed by atoms with Gasteiger partial charge >= 0.3 is 0 Å². The summed E-state index contributed by atoms with van der Waals surface area (Å²) in [4.78, 5) is 12.1. The van der Waals surface area contributed by atoms with Gasteiger partial charge in [0.15, 0.2) is 5.84 Å². The minimum absolute atomic E-state index is 0.0467. The number of para-hydroxylation sites is 1. The molecule has 2 rings (SSSR count). The Morgan fingerprint density at radius 3 is 2.52 bits per heavy atom. The van der Waals surface area contributed by atoms with Gasteiger partial charge in [-0.2, -0.15) is 0 Å². The van der Waals surface area contributed by atoms with Gasteiger partial charge < -0.3 is 16.3 Å². The van der Waals surface area contributed by atoms with E-state index >= 15 is 0 Å². The Balaban J connectivity index is 2.11. The smallest absolute Gasteiger partial charge is 0.228 e. The van der Waals surface area contributed by atoms with Crippen molar-refractivity contribution < 1.29 is 10.0 Å². The van der Waals surface area contributed by atoms with Crippen molar-refractivity contribution in [3.05, 3.63) is 64.1 Å². The molecule has 0 aromatic heterocycles. The zero-order valence-electron chi connectivity index (χ0n) is 11.1. The fraction of sp³-hybridized carbons (Fsp3) is 0.0667. The third-order valence-corrected chi connectivity index (χ3v) is 3.39. The summed E-state index contributed by atoms with van der Waals surface area (Å²) in [6.45, 7) is 0. The first kappa shape index (κ1) is 15.1. The molecule has 6 heteroatoms. The van der Waals surface area contributed by atoms with Crippen LogP contribution in [0.3, 0.4) is 0 Å². The molecule has 0 heterocycles. The van der Waals surface area contributed by atoms with E-state index in [1.807, 2.05) is 24.3 Å². The zero-order chi connectivity index (χ0) is 15.2.